The summed E-state index contributed by atoms with van der Waals surface area (Å²) in [6.07, 6.45) is 2.08. The molecule has 20 heavy (non-hydrogen) atoms. The normalized spacial score (nSPS) is 22.1. The first-order valence-corrected chi connectivity index (χ1v) is 7.38. The lowest BCUT2D eigenvalue weighted by molar-refractivity contribution is -0.124. The summed E-state index contributed by atoms with van der Waals surface area (Å²) in [5.41, 5.74) is -0.599. The fraction of sp³-hybridized carbons (Fsp3) is 0.867. The van der Waals surface area contributed by atoms with Crippen LogP contribution in [0.2, 0.25) is 0 Å². The number of nitrogens with zero attached hydrogens (tertiary/aromatic N) is 2. The molecule has 1 amide bonds. The predicted molar refractivity (Wildman–Crippen MR) is 80.1 cm³/mol. The van der Waals surface area contributed by atoms with Crippen molar-refractivity contribution < 1.29 is 4.79 Å². The van der Waals surface area contributed by atoms with E-state index in [0.717, 1.165) is 25.9 Å². The van der Waals surface area contributed by atoms with E-state index >= 15 is 0 Å². The van der Waals surface area contributed by atoms with E-state index in [4.69, 9.17) is 0 Å². The summed E-state index contributed by atoms with van der Waals surface area (Å²) in [5.74, 6) is 0.0289. The lowest BCUT2D eigenvalue weighted by Crippen LogP contribution is -2.55. The molecule has 2 N–H and O–H groups in total. The average molecular weight is 280 g/mol. The molecule has 0 saturated carbocycles. The SMILES string of the molecule is CNC1(C)CCN(CC(=O)NC(C)(C#N)C(C)C)CC1. The summed E-state index contributed by atoms with van der Waals surface area (Å²) in [5, 5.41) is 15.4. The second-order valence-corrected chi connectivity index (χ2v) is 6.60. The second-order valence-electron chi connectivity index (χ2n) is 6.60. The van der Waals surface area contributed by atoms with Gasteiger partial charge in [0.1, 0.15) is 5.54 Å². The van der Waals surface area contributed by atoms with E-state index in [9.17, 15) is 10.1 Å². The van der Waals surface area contributed by atoms with Crippen LogP contribution in [0.4, 0.5) is 0 Å². The summed E-state index contributed by atoms with van der Waals surface area (Å²) >= 11 is 0. The Hall–Kier alpha value is -1.12. The van der Waals surface area contributed by atoms with Crippen LogP contribution in [0.3, 0.4) is 0 Å². The summed E-state index contributed by atoms with van der Waals surface area (Å²) in [4.78, 5) is 14.3. The third kappa shape index (κ3) is 4.19. The maximum absolute atomic E-state index is 12.1. The quantitative estimate of drug-likeness (QED) is 0.792. The van der Waals surface area contributed by atoms with E-state index in [1.165, 1.54) is 0 Å². The molecular formula is C15H28N4O. The zero-order valence-corrected chi connectivity index (χ0v) is 13.4. The second kappa shape index (κ2) is 6.55. The number of carbonyl (C=O) groups excluding carboxylic acids is 1. The lowest BCUT2D eigenvalue weighted by Gasteiger charge is -2.39. The van der Waals surface area contributed by atoms with Gasteiger partial charge in [-0.25, -0.2) is 0 Å². The molecule has 0 aromatic carbocycles. The molecule has 1 saturated heterocycles. The Morgan fingerprint density at radius 3 is 2.40 bits per heavy atom. The third-order valence-corrected chi connectivity index (χ3v) is 4.72. The fourth-order valence-electron chi connectivity index (χ4n) is 2.29. The monoisotopic (exact) mass is 280 g/mol. The highest BCUT2D eigenvalue weighted by Crippen LogP contribution is 2.21. The molecule has 1 fully saturated rings. The van der Waals surface area contributed by atoms with Gasteiger partial charge in [-0.3, -0.25) is 9.69 Å². The largest absolute Gasteiger partial charge is 0.337 e. The molecule has 0 aromatic rings. The summed E-state index contributed by atoms with van der Waals surface area (Å²) in [6.45, 7) is 10.1. The highest BCUT2D eigenvalue weighted by atomic mass is 16.2. The molecule has 1 rings (SSSR count). The standard InChI is InChI=1S/C15H28N4O/c1-12(2)15(4,11-16)18-13(20)10-19-8-6-14(3,17-5)7-9-19/h12,17H,6-10H2,1-5H3,(H,18,20). The molecule has 1 aliphatic heterocycles. The Morgan fingerprint density at radius 2 is 2.00 bits per heavy atom. The van der Waals surface area contributed by atoms with Gasteiger partial charge in [-0.2, -0.15) is 5.26 Å². The predicted octanol–water partition coefficient (Wildman–Crippen LogP) is 1.11. The molecular weight excluding hydrogens is 252 g/mol. The van der Waals surface area contributed by atoms with Crippen LogP contribution in [0.25, 0.3) is 0 Å². The number of hydrogen-bond donors (Lipinski definition) is 2. The van der Waals surface area contributed by atoms with Crippen molar-refractivity contribution in [1.82, 2.24) is 15.5 Å². The van der Waals surface area contributed by atoms with Gasteiger partial charge < -0.3 is 10.6 Å². The van der Waals surface area contributed by atoms with Crippen LogP contribution >= 0.6 is 0 Å². The van der Waals surface area contributed by atoms with E-state index in [2.05, 4.69) is 28.5 Å². The Labute approximate surface area is 122 Å². The van der Waals surface area contributed by atoms with Crippen molar-refractivity contribution in [3.05, 3.63) is 0 Å². The van der Waals surface area contributed by atoms with Crippen molar-refractivity contribution >= 4 is 5.91 Å². The van der Waals surface area contributed by atoms with Crippen LogP contribution in [-0.4, -0.2) is 48.6 Å². The number of rotatable bonds is 5. The minimum absolute atomic E-state index is 0.0594. The molecule has 5 nitrogen and oxygen atoms in total. The maximum Gasteiger partial charge on any atom is 0.235 e. The molecule has 0 aliphatic carbocycles. The first-order chi connectivity index (χ1) is 9.24. The van der Waals surface area contributed by atoms with E-state index in [1.807, 2.05) is 20.9 Å². The van der Waals surface area contributed by atoms with Gasteiger partial charge in [-0.1, -0.05) is 13.8 Å². The molecule has 0 radical (unpaired) electrons. The number of nitrogens with one attached hydrogen (secondary N) is 2. The van der Waals surface area contributed by atoms with Crippen molar-refractivity contribution in [3.63, 3.8) is 0 Å². The maximum atomic E-state index is 12.1. The Kier molecular flexibility index (Phi) is 5.55. The topological polar surface area (TPSA) is 68.2 Å². The van der Waals surface area contributed by atoms with Crippen molar-refractivity contribution in [2.45, 2.75) is 51.6 Å². The van der Waals surface area contributed by atoms with Crippen molar-refractivity contribution in [3.8, 4) is 6.07 Å². The van der Waals surface area contributed by atoms with Gasteiger partial charge in [0.25, 0.3) is 0 Å². The zero-order valence-electron chi connectivity index (χ0n) is 13.4. The number of hydrogen-bond acceptors (Lipinski definition) is 4. The fourth-order valence-corrected chi connectivity index (χ4v) is 2.29. The van der Waals surface area contributed by atoms with Gasteiger partial charge in [0.05, 0.1) is 12.6 Å². The first kappa shape index (κ1) is 16.9. The van der Waals surface area contributed by atoms with Crippen molar-refractivity contribution in [2.75, 3.05) is 26.7 Å². The van der Waals surface area contributed by atoms with Crippen molar-refractivity contribution in [2.24, 2.45) is 5.92 Å². The Morgan fingerprint density at radius 1 is 1.45 bits per heavy atom. The van der Waals surface area contributed by atoms with Crippen LogP contribution in [0.1, 0.15) is 40.5 Å². The minimum Gasteiger partial charge on any atom is -0.337 e. The number of piperidine rings is 1. The van der Waals surface area contributed by atoms with E-state index in [-0.39, 0.29) is 17.4 Å². The lowest BCUT2D eigenvalue weighted by atomic mass is 9.89. The number of likely N-dealkylation sites (tertiary alicyclic amines) is 1. The number of amides is 1. The molecule has 0 bridgehead atoms. The molecule has 0 spiro atoms. The summed E-state index contributed by atoms with van der Waals surface area (Å²) in [7, 11) is 1.99. The van der Waals surface area contributed by atoms with Gasteiger partial charge in [0.15, 0.2) is 0 Å². The number of nitriles is 1. The molecule has 5 heteroatoms. The van der Waals surface area contributed by atoms with E-state index in [1.54, 1.807) is 6.92 Å². The van der Waals surface area contributed by atoms with E-state index < -0.39 is 5.54 Å². The van der Waals surface area contributed by atoms with Gasteiger partial charge in [-0.05, 0) is 39.7 Å². The molecule has 1 aliphatic rings. The molecule has 1 heterocycles. The average Bonchev–Trinajstić information content (AvgIpc) is 2.41. The molecule has 1 unspecified atom stereocenters. The minimum atomic E-state index is -0.785. The van der Waals surface area contributed by atoms with E-state index in [0.29, 0.717) is 6.54 Å². The summed E-state index contributed by atoms with van der Waals surface area (Å²) in [6, 6.07) is 2.21. The molecule has 1 atom stereocenters. The Bertz CT molecular complexity index is 380. The first-order valence-electron chi connectivity index (χ1n) is 7.38. The van der Waals surface area contributed by atoms with Gasteiger partial charge in [0, 0.05) is 18.6 Å². The summed E-state index contributed by atoms with van der Waals surface area (Å²) < 4.78 is 0. The van der Waals surface area contributed by atoms with Crippen LogP contribution in [-0.2, 0) is 4.79 Å². The zero-order chi connectivity index (χ0) is 15.4. The highest BCUT2D eigenvalue weighted by molar-refractivity contribution is 5.79. The van der Waals surface area contributed by atoms with Gasteiger partial charge in [-0.15, -0.1) is 0 Å². The van der Waals surface area contributed by atoms with Crippen LogP contribution < -0.4 is 10.6 Å². The Balaban J connectivity index is 2.47. The molecule has 114 valence electrons. The van der Waals surface area contributed by atoms with Crippen LogP contribution in [0, 0.1) is 17.2 Å². The number of carbonyl (C=O) groups is 1. The highest BCUT2D eigenvalue weighted by Gasteiger charge is 2.32. The van der Waals surface area contributed by atoms with Gasteiger partial charge in [0.2, 0.25) is 5.91 Å². The smallest absolute Gasteiger partial charge is 0.235 e. The van der Waals surface area contributed by atoms with Crippen molar-refractivity contribution in [1.29, 1.82) is 5.26 Å². The third-order valence-electron chi connectivity index (χ3n) is 4.72. The van der Waals surface area contributed by atoms with Crippen LogP contribution in [0.15, 0.2) is 0 Å². The van der Waals surface area contributed by atoms with Crippen LogP contribution in [0.5, 0.6) is 0 Å². The molecule has 0 aromatic heterocycles. The van der Waals surface area contributed by atoms with Gasteiger partial charge >= 0.3 is 0 Å².